The molecule has 4 rings (SSSR count). The van der Waals surface area contributed by atoms with E-state index in [0.29, 0.717) is 5.52 Å². The first-order chi connectivity index (χ1) is 14.5. The number of ether oxygens (including phenoxy) is 2. The highest BCUT2D eigenvalue weighted by atomic mass is 19.4. The molecule has 1 aromatic carbocycles. The Kier molecular flexibility index (Phi) is 4.84. The Morgan fingerprint density at radius 3 is 2.52 bits per heavy atom. The Labute approximate surface area is 173 Å². The molecule has 2 aromatic heterocycles. The fourth-order valence-electron chi connectivity index (χ4n) is 4.11. The number of rotatable bonds is 3. The molecule has 166 valence electrons. The minimum Gasteiger partial charge on any atom is -0.493 e. The maximum absolute atomic E-state index is 14.4. The number of H-pyrrole nitrogens is 1. The SMILES string of the molecule is COc1c([C@H]2[C@H](c3nc4nc(N)ccc4[nH]3)O[C@@](C)(C(F)(F)F)[C@H]2C)ccc(F)c1F. The van der Waals surface area contributed by atoms with Gasteiger partial charge in [0.05, 0.1) is 12.6 Å². The summed E-state index contributed by atoms with van der Waals surface area (Å²) >= 11 is 0. The van der Waals surface area contributed by atoms with Crippen molar-refractivity contribution >= 4 is 17.0 Å². The largest absolute Gasteiger partial charge is 0.493 e. The molecule has 1 aliphatic rings. The summed E-state index contributed by atoms with van der Waals surface area (Å²) in [5.74, 6) is -4.95. The zero-order valence-electron chi connectivity index (χ0n) is 16.7. The van der Waals surface area contributed by atoms with Gasteiger partial charge in [-0.3, -0.25) is 0 Å². The average molecular weight is 442 g/mol. The molecule has 0 radical (unpaired) electrons. The lowest BCUT2D eigenvalue weighted by Gasteiger charge is -2.32. The average Bonchev–Trinajstić information content (AvgIpc) is 3.23. The van der Waals surface area contributed by atoms with Gasteiger partial charge >= 0.3 is 6.18 Å². The van der Waals surface area contributed by atoms with Crippen LogP contribution in [0.4, 0.5) is 27.8 Å². The molecule has 11 heteroatoms. The van der Waals surface area contributed by atoms with Gasteiger partial charge in [-0.2, -0.15) is 17.6 Å². The van der Waals surface area contributed by atoms with Crippen LogP contribution in [0.15, 0.2) is 24.3 Å². The first-order valence-corrected chi connectivity index (χ1v) is 9.36. The topological polar surface area (TPSA) is 86.0 Å². The summed E-state index contributed by atoms with van der Waals surface area (Å²) in [6, 6.07) is 5.15. The van der Waals surface area contributed by atoms with Gasteiger partial charge in [0.25, 0.3) is 0 Å². The van der Waals surface area contributed by atoms with Crippen LogP contribution in [-0.2, 0) is 4.74 Å². The predicted molar refractivity (Wildman–Crippen MR) is 101 cm³/mol. The third-order valence-electron chi connectivity index (χ3n) is 5.97. The molecular weight excluding hydrogens is 423 g/mol. The second kappa shape index (κ2) is 7.04. The highest BCUT2D eigenvalue weighted by Gasteiger charge is 2.65. The number of benzene rings is 1. The van der Waals surface area contributed by atoms with Gasteiger partial charge in [0, 0.05) is 17.4 Å². The summed E-state index contributed by atoms with van der Waals surface area (Å²) in [4.78, 5) is 11.2. The van der Waals surface area contributed by atoms with Crippen LogP contribution < -0.4 is 10.5 Å². The second-order valence-corrected chi connectivity index (χ2v) is 7.67. The van der Waals surface area contributed by atoms with Crippen LogP contribution in [0.25, 0.3) is 11.2 Å². The summed E-state index contributed by atoms with van der Waals surface area (Å²) in [7, 11) is 1.12. The first-order valence-electron chi connectivity index (χ1n) is 9.36. The van der Waals surface area contributed by atoms with Gasteiger partial charge in [-0.15, -0.1) is 0 Å². The number of aromatic amines is 1. The summed E-state index contributed by atoms with van der Waals surface area (Å²) in [6.07, 6.45) is -6.00. The third-order valence-corrected chi connectivity index (χ3v) is 5.97. The lowest BCUT2D eigenvalue weighted by Crippen LogP contribution is -2.46. The minimum absolute atomic E-state index is 0.0415. The van der Waals surface area contributed by atoms with E-state index in [2.05, 4.69) is 15.0 Å². The molecule has 0 amide bonds. The van der Waals surface area contributed by atoms with E-state index in [9.17, 15) is 22.0 Å². The van der Waals surface area contributed by atoms with Gasteiger partial charge in [-0.1, -0.05) is 13.0 Å². The van der Waals surface area contributed by atoms with E-state index in [1.165, 1.54) is 19.1 Å². The molecule has 1 saturated heterocycles. The first kappa shape index (κ1) is 21.3. The molecule has 0 bridgehead atoms. The number of nitrogens with zero attached hydrogens (tertiary/aromatic N) is 2. The number of nitrogens with two attached hydrogens (primary N) is 1. The van der Waals surface area contributed by atoms with E-state index in [0.717, 1.165) is 20.1 Å². The lowest BCUT2D eigenvalue weighted by molar-refractivity contribution is -0.275. The molecule has 1 aliphatic heterocycles. The molecule has 6 nitrogen and oxygen atoms in total. The second-order valence-electron chi connectivity index (χ2n) is 7.67. The van der Waals surface area contributed by atoms with Crippen molar-refractivity contribution in [2.45, 2.75) is 37.6 Å². The quantitative estimate of drug-likeness (QED) is 0.578. The zero-order chi connectivity index (χ0) is 22.7. The van der Waals surface area contributed by atoms with Crippen molar-refractivity contribution < 1.29 is 31.4 Å². The van der Waals surface area contributed by atoms with Gasteiger partial charge < -0.3 is 20.2 Å². The van der Waals surface area contributed by atoms with Crippen LogP contribution in [0, 0.1) is 17.6 Å². The van der Waals surface area contributed by atoms with Crippen molar-refractivity contribution in [1.82, 2.24) is 15.0 Å². The van der Waals surface area contributed by atoms with Gasteiger partial charge in [-0.05, 0) is 25.1 Å². The molecule has 3 aromatic rings. The number of anilines is 1. The number of hydrogen-bond donors (Lipinski definition) is 2. The van der Waals surface area contributed by atoms with E-state index in [4.69, 9.17) is 15.2 Å². The molecular formula is C20H19F5N4O2. The normalized spacial score (nSPS) is 26.5. The van der Waals surface area contributed by atoms with E-state index in [-0.39, 0.29) is 22.9 Å². The highest BCUT2D eigenvalue weighted by Crippen LogP contribution is 2.59. The van der Waals surface area contributed by atoms with Crippen LogP contribution in [0.3, 0.4) is 0 Å². The summed E-state index contributed by atoms with van der Waals surface area (Å²) in [5.41, 5.74) is 3.76. The van der Waals surface area contributed by atoms with Crippen LogP contribution in [0.5, 0.6) is 5.75 Å². The molecule has 3 N–H and O–H groups in total. The molecule has 0 spiro atoms. The minimum atomic E-state index is -4.74. The van der Waals surface area contributed by atoms with Crippen LogP contribution >= 0.6 is 0 Å². The maximum Gasteiger partial charge on any atom is 0.417 e. The Bertz CT molecular complexity index is 1150. The third kappa shape index (κ3) is 3.18. The highest BCUT2D eigenvalue weighted by molar-refractivity contribution is 5.72. The van der Waals surface area contributed by atoms with Crippen molar-refractivity contribution in [1.29, 1.82) is 0 Å². The number of aromatic nitrogens is 3. The number of pyridine rings is 1. The monoisotopic (exact) mass is 442 g/mol. The van der Waals surface area contributed by atoms with Crippen molar-refractivity contribution in [3.8, 4) is 5.75 Å². The lowest BCUT2D eigenvalue weighted by atomic mass is 9.77. The summed E-state index contributed by atoms with van der Waals surface area (Å²) in [5, 5.41) is 0. The van der Waals surface area contributed by atoms with Crippen LogP contribution in [0.2, 0.25) is 0 Å². The van der Waals surface area contributed by atoms with Gasteiger partial charge in [0.1, 0.15) is 17.7 Å². The smallest absolute Gasteiger partial charge is 0.417 e. The van der Waals surface area contributed by atoms with Crippen molar-refractivity contribution in [3.05, 3.63) is 47.3 Å². The number of hydrogen-bond acceptors (Lipinski definition) is 5. The molecule has 4 atom stereocenters. The number of alkyl halides is 3. The summed E-state index contributed by atoms with van der Waals surface area (Å²) in [6.45, 7) is 2.27. The van der Waals surface area contributed by atoms with Gasteiger partial charge in [-0.25, -0.2) is 14.4 Å². The Morgan fingerprint density at radius 2 is 1.87 bits per heavy atom. The molecule has 0 saturated carbocycles. The number of imidazole rings is 1. The van der Waals surface area contributed by atoms with Crippen molar-refractivity contribution in [2.75, 3.05) is 12.8 Å². The molecule has 31 heavy (non-hydrogen) atoms. The number of nitrogen functional groups attached to an aromatic ring is 1. The molecule has 0 unspecified atom stereocenters. The number of halogens is 5. The Hall–Kier alpha value is -2.95. The fourth-order valence-corrected chi connectivity index (χ4v) is 4.11. The van der Waals surface area contributed by atoms with Gasteiger partial charge in [0.2, 0.25) is 5.82 Å². The Morgan fingerprint density at radius 1 is 1.16 bits per heavy atom. The van der Waals surface area contributed by atoms with Crippen LogP contribution in [-0.4, -0.2) is 33.8 Å². The molecule has 0 aliphatic carbocycles. The van der Waals surface area contributed by atoms with Crippen molar-refractivity contribution in [3.63, 3.8) is 0 Å². The molecule has 1 fully saturated rings. The van der Waals surface area contributed by atoms with E-state index in [1.807, 2.05) is 0 Å². The van der Waals surface area contributed by atoms with Crippen molar-refractivity contribution in [2.24, 2.45) is 5.92 Å². The predicted octanol–water partition coefficient (Wildman–Crippen LogP) is 4.64. The number of fused-ring (bicyclic) bond motifs is 1. The van der Waals surface area contributed by atoms with Gasteiger partial charge in [0.15, 0.2) is 22.8 Å². The molecule has 3 heterocycles. The summed E-state index contributed by atoms with van der Waals surface area (Å²) < 4.78 is 80.8. The Balaban J connectivity index is 1.92. The standard InChI is InChI=1S/C20H19F5N4O2/c1-8-13(9-4-5-10(21)14(22)15(9)30-3)16(31-19(8,2)20(23,24)25)18-27-11-6-7-12(26)28-17(11)29-18/h4-8,13,16H,1-3H3,(H3,26,27,28,29)/t8-,13-,16+,19+/m0/s1. The van der Waals surface area contributed by atoms with E-state index < -0.39 is 47.1 Å². The number of nitrogens with one attached hydrogen (secondary N) is 1. The van der Waals surface area contributed by atoms with E-state index >= 15 is 0 Å². The van der Waals surface area contributed by atoms with E-state index in [1.54, 1.807) is 6.07 Å². The maximum atomic E-state index is 14.4. The zero-order valence-corrected chi connectivity index (χ0v) is 16.7. The van der Waals surface area contributed by atoms with Crippen LogP contribution in [0.1, 0.15) is 37.3 Å². The number of methoxy groups -OCH3 is 1. The fraction of sp³-hybridized carbons (Fsp3) is 0.400.